The van der Waals surface area contributed by atoms with E-state index in [-0.39, 0.29) is 30.1 Å². The van der Waals surface area contributed by atoms with Gasteiger partial charge in [0.25, 0.3) is 5.56 Å². The summed E-state index contributed by atoms with van der Waals surface area (Å²) in [6.07, 6.45) is 4.69. The number of fused-ring (bicyclic) bond motifs is 1. The normalized spacial score (nSPS) is 13.4. The second kappa shape index (κ2) is 8.37. The van der Waals surface area contributed by atoms with E-state index in [1.165, 1.54) is 17.1 Å². The molecule has 0 radical (unpaired) electrons. The number of para-hydroxylation sites is 1. The Morgan fingerprint density at radius 1 is 1.11 bits per heavy atom. The smallest absolute Gasteiger partial charge is 0.264 e. The van der Waals surface area contributed by atoms with Gasteiger partial charge in [-0.3, -0.25) is 14.2 Å². The molecule has 148 valence electrons. The van der Waals surface area contributed by atoms with Crippen molar-refractivity contribution in [3.63, 3.8) is 0 Å². The summed E-state index contributed by atoms with van der Waals surface area (Å²) in [5.74, 6) is -0.0672. The Morgan fingerprint density at radius 2 is 1.75 bits per heavy atom. The molecule has 7 heteroatoms. The zero-order valence-electron chi connectivity index (χ0n) is 16.9. The highest BCUT2D eigenvalue weighted by molar-refractivity contribution is 5.78. The predicted molar refractivity (Wildman–Crippen MR) is 109 cm³/mol. The molecule has 0 aliphatic rings. The van der Waals surface area contributed by atoms with Crippen LogP contribution in [0.15, 0.2) is 47.7 Å². The molecular weight excluding hydrogens is 354 g/mol. The lowest BCUT2D eigenvalue weighted by atomic mass is 10.1. The average molecular weight is 381 g/mol. The van der Waals surface area contributed by atoms with Crippen LogP contribution in [-0.2, 0) is 11.3 Å². The summed E-state index contributed by atoms with van der Waals surface area (Å²) in [6, 6.07) is 9.77. The van der Waals surface area contributed by atoms with Crippen molar-refractivity contribution in [1.29, 1.82) is 0 Å². The van der Waals surface area contributed by atoms with Crippen molar-refractivity contribution in [3.8, 4) is 5.69 Å². The summed E-state index contributed by atoms with van der Waals surface area (Å²) in [5, 5.41) is 4.71. The Bertz CT molecular complexity index is 999. The molecular formula is C21H27N5O2. The summed E-state index contributed by atoms with van der Waals surface area (Å²) in [7, 11) is 0. The maximum atomic E-state index is 12.9. The van der Waals surface area contributed by atoms with Gasteiger partial charge in [-0.15, -0.1) is 0 Å². The Hall–Kier alpha value is -2.96. The van der Waals surface area contributed by atoms with Crippen molar-refractivity contribution in [1.82, 2.24) is 24.2 Å². The molecule has 0 spiro atoms. The molecule has 1 aromatic carbocycles. The first-order chi connectivity index (χ1) is 13.5. The molecule has 3 rings (SSSR count). The van der Waals surface area contributed by atoms with Crippen molar-refractivity contribution < 1.29 is 4.79 Å². The minimum Gasteiger partial charge on any atom is -0.336 e. The van der Waals surface area contributed by atoms with Gasteiger partial charge in [0, 0.05) is 12.1 Å². The van der Waals surface area contributed by atoms with Crippen LogP contribution in [0, 0.1) is 0 Å². The van der Waals surface area contributed by atoms with Gasteiger partial charge in [-0.05, 0) is 38.8 Å². The van der Waals surface area contributed by atoms with Crippen LogP contribution in [0.5, 0.6) is 0 Å². The Morgan fingerprint density at radius 3 is 2.36 bits per heavy atom. The van der Waals surface area contributed by atoms with Gasteiger partial charge in [0.15, 0.2) is 5.65 Å². The molecule has 2 atom stereocenters. The number of amides is 1. The number of carbonyl (C=O) groups is 1. The van der Waals surface area contributed by atoms with Gasteiger partial charge in [0.1, 0.15) is 18.3 Å². The Labute approximate surface area is 164 Å². The van der Waals surface area contributed by atoms with E-state index in [0.717, 1.165) is 18.5 Å². The van der Waals surface area contributed by atoms with Crippen molar-refractivity contribution in [2.75, 3.05) is 0 Å². The van der Waals surface area contributed by atoms with E-state index in [4.69, 9.17) is 0 Å². The predicted octanol–water partition coefficient (Wildman–Crippen LogP) is 3.01. The van der Waals surface area contributed by atoms with Crippen LogP contribution in [-0.4, -0.2) is 42.2 Å². The van der Waals surface area contributed by atoms with Gasteiger partial charge in [-0.25, -0.2) is 9.67 Å². The number of aromatic nitrogens is 4. The third-order valence-corrected chi connectivity index (χ3v) is 5.28. The molecule has 2 aromatic heterocycles. The summed E-state index contributed by atoms with van der Waals surface area (Å²) in [5.41, 5.74) is 1.06. The molecule has 3 aromatic rings. The molecule has 0 bridgehead atoms. The van der Waals surface area contributed by atoms with Crippen molar-refractivity contribution in [2.24, 2.45) is 0 Å². The highest BCUT2D eigenvalue weighted by atomic mass is 16.2. The molecule has 1 amide bonds. The van der Waals surface area contributed by atoms with E-state index >= 15 is 0 Å². The minimum atomic E-state index is -0.256. The minimum absolute atomic E-state index is 0.0209. The van der Waals surface area contributed by atoms with Gasteiger partial charge in [0.05, 0.1) is 11.9 Å². The molecule has 0 saturated heterocycles. The molecule has 0 saturated carbocycles. The Kier molecular flexibility index (Phi) is 5.92. The lowest BCUT2D eigenvalue weighted by Gasteiger charge is -2.34. The molecule has 28 heavy (non-hydrogen) atoms. The van der Waals surface area contributed by atoms with Gasteiger partial charge in [0.2, 0.25) is 5.91 Å². The number of rotatable bonds is 7. The second-order valence-corrected chi connectivity index (χ2v) is 7.12. The lowest BCUT2D eigenvalue weighted by molar-refractivity contribution is -0.136. The summed E-state index contributed by atoms with van der Waals surface area (Å²) in [4.78, 5) is 32.1. The fraction of sp³-hybridized carbons (Fsp3) is 0.429. The van der Waals surface area contributed by atoms with E-state index in [0.29, 0.717) is 11.0 Å². The van der Waals surface area contributed by atoms with Crippen LogP contribution < -0.4 is 5.56 Å². The van der Waals surface area contributed by atoms with Crippen molar-refractivity contribution in [3.05, 3.63) is 53.2 Å². The second-order valence-electron chi connectivity index (χ2n) is 7.12. The topological polar surface area (TPSA) is 73.0 Å². The number of hydrogen-bond donors (Lipinski definition) is 0. The van der Waals surface area contributed by atoms with E-state index in [2.05, 4.69) is 23.9 Å². The number of carbonyl (C=O) groups excluding carboxylic acids is 1. The van der Waals surface area contributed by atoms with Crippen LogP contribution in [0.4, 0.5) is 0 Å². The first-order valence-electron chi connectivity index (χ1n) is 9.77. The molecule has 7 nitrogen and oxygen atoms in total. The molecule has 2 heterocycles. The lowest BCUT2D eigenvalue weighted by Crippen LogP contribution is -2.46. The average Bonchev–Trinajstić information content (AvgIpc) is 3.15. The van der Waals surface area contributed by atoms with Crippen LogP contribution in [0.1, 0.15) is 40.5 Å². The zero-order valence-corrected chi connectivity index (χ0v) is 16.9. The van der Waals surface area contributed by atoms with E-state index in [1.807, 2.05) is 49.1 Å². The van der Waals surface area contributed by atoms with Crippen molar-refractivity contribution >= 4 is 16.9 Å². The number of nitrogens with zero attached hydrogens (tertiary/aromatic N) is 5. The van der Waals surface area contributed by atoms with Crippen LogP contribution in [0.2, 0.25) is 0 Å². The van der Waals surface area contributed by atoms with Crippen LogP contribution in [0.3, 0.4) is 0 Å². The summed E-state index contributed by atoms with van der Waals surface area (Å²) in [6.45, 7) is 8.18. The van der Waals surface area contributed by atoms with Crippen LogP contribution >= 0.6 is 0 Å². The summed E-state index contributed by atoms with van der Waals surface area (Å²) < 4.78 is 3.01. The quantitative estimate of drug-likeness (QED) is 0.631. The molecule has 0 aliphatic carbocycles. The highest BCUT2D eigenvalue weighted by Gasteiger charge is 2.24. The Balaban J connectivity index is 1.93. The van der Waals surface area contributed by atoms with Crippen LogP contribution in [0.25, 0.3) is 16.7 Å². The first kappa shape index (κ1) is 19.8. The van der Waals surface area contributed by atoms with Crippen molar-refractivity contribution in [2.45, 2.75) is 59.2 Å². The monoisotopic (exact) mass is 381 g/mol. The van der Waals surface area contributed by atoms with Gasteiger partial charge in [-0.1, -0.05) is 32.0 Å². The molecule has 0 fully saturated rings. The largest absolute Gasteiger partial charge is 0.336 e. The molecule has 0 unspecified atom stereocenters. The molecule has 0 N–H and O–H groups in total. The molecule has 0 aliphatic heterocycles. The fourth-order valence-electron chi connectivity index (χ4n) is 3.37. The van der Waals surface area contributed by atoms with E-state index in [9.17, 15) is 9.59 Å². The van der Waals surface area contributed by atoms with Gasteiger partial charge < -0.3 is 4.90 Å². The zero-order chi connectivity index (χ0) is 20.3. The highest BCUT2D eigenvalue weighted by Crippen LogP contribution is 2.15. The number of benzene rings is 1. The SMILES string of the molecule is CC[C@@H](C)N(C(=O)Cn1cnc2c(cnn2-c2ccccc2)c1=O)[C@H](C)CC. The fourth-order valence-corrected chi connectivity index (χ4v) is 3.37. The third-order valence-electron chi connectivity index (χ3n) is 5.28. The van der Waals surface area contributed by atoms with Gasteiger partial charge in [-0.2, -0.15) is 5.10 Å². The standard InChI is InChI=1S/C21H27N5O2/c1-5-15(3)25(16(4)6-2)19(27)13-24-14-22-20-18(21(24)28)12-23-26(20)17-10-8-7-9-11-17/h7-12,14-16H,5-6,13H2,1-4H3/t15-,16-/m1/s1. The maximum absolute atomic E-state index is 12.9. The maximum Gasteiger partial charge on any atom is 0.264 e. The number of hydrogen-bond acceptors (Lipinski definition) is 4. The van der Waals surface area contributed by atoms with Gasteiger partial charge >= 0.3 is 0 Å². The summed E-state index contributed by atoms with van der Waals surface area (Å²) >= 11 is 0. The first-order valence-corrected chi connectivity index (χ1v) is 9.77. The van der Waals surface area contributed by atoms with E-state index < -0.39 is 0 Å². The third kappa shape index (κ3) is 3.69. The van der Waals surface area contributed by atoms with E-state index in [1.54, 1.807) is 4.68 Å².